The van der Waals surface area contributed by atoms with Crippen molar-refractivity contribution in [2.75, 3.05) is 46.4 Å². The lowest BCUT2D eigenvalue weighted by Gasteiger charge is -2.37. The Morgan fingerprint density at radius 2 is 1.94 bits per heavy atom. The third kappa shape index (κ3) is 6.22. The van der Waals surface area contributed by atoms with Gasteiger partial charge in [-0.3, -0.25) is 9.69 Å². The number of hydrogen-bond donors (Lipinski definition) is 1. The normalized spacial score (nSPS) is 16.1. The van der Waals surface area contributed by atoms with Crippen LogP contribution in [0.5, 0.6) is 5.75 Å². The van der Waals surface area contributed by atoms with Crippen molar-refractivity contribution in [3.05, 3.63) is 58.4 Å². The van der Waals surface area contributed by atoms with Gasteiger partial charge < -0.3 is 19.5 Å². The lowest BCUT2D eigenvalue weighted by molar-refractivity contribution is 0.0882. The van der Waals surface area contributed by atoms with Crippen molar-refractivity contribution < 1.29 is 14.1 Å². The van der Waals surface area contributed by atoms with E-state index >= 15 is 0 Å². The van der Waals surface area contributed by atoms with E-state index in [0.717, 1.165) is 37.5 Å². The standard InChI is InChI=1S/C25H32N4O3S/c1-18(2)17-31-20-8-6-19(7-9-20)23-15-21(27-32-23)25(30)26-16-22(24-5-4-14-33-24)29-12-10-28(3)11-13-29/h4-9,14-15,18,22H,10-13,16-17H2,1-3H3,(H,26,30)/t22-/m0/s1. The minimum atomic E-state index is -0.224. The van der Waals surface area contributed by atoms with Gasteiger partial charge in [-0.05, 0) is 48.7 Å². The molecular formula is C25H32N4O3S. The van der Waals surface area contributed by atoms with Crippen LogP contribution in [0.3, 0.4) is 0 Å². The Morgan fingerprint density at radius 3 is 2.61 bits per heavy atom. The number of nitrogens with one attached hydrogen (secondary N) is 1. The Labute approximate surface area is 199 Å². The summed E-state index contributed by atoms with van der Waals surface area (Å²) in [5.41, 5.74) is 1.14. The van der Waals surface area contributed by atoms with Gasteiger partial charge in [0.2, 0.25) is 0 Å². The van der Waals surface area contributed by atoms with E-state index in [4.69, 9.17) is 9.26 Å². The highest BCUT2D eigenvalue weighted by atomic mass is 32.1. The third-order valence-corrected chi connectivity index (χ3v) is 6.74. The zero-order valence-corrected chi connectivity index (χ0v) is 20.3. The lowest BCUT2D eigenvalue weighted by Crippen LogP contribution is -2.48. The Morgan fingerprint density at radius 1 is 1.18 bits per heavy atom. The summed E-state index contributed by atoms with van der Waals surface area (Å²) in [5.74, 6) is 1.62. The van der Waals surface area contributed by atoms with Crippen LogP contribution in [-0.4, -0.2) is 67.2 Å². The fourth-order valence-electron chi connectivity index (χ4n) is 3.80. The molecule has 4 rings (SSSR count). The molecule has 1 N–H and O–H groups in total. The number of hydrogen-bond acceptors (Lipinski definition) is 7. The molecule has 0 aliphatic carbocycles. The van der Waals surface area contributed by atoms with Crippen molar-refractivity contribution in [1.82, 2.24) is 20.3 Å². The van der Waals surface area contributed by atoms with Gasteiger partial charge in [-0.15, -0.1) is 11.3 Å². The van der Waals surface area contributed by atoms with Crippen molar-refractivity contribution in [3.63, 3.8) is 0 Å². The Balaban J connectivity index is 1.37. The third-order valence-electron chi connectivity index (χ3n) is 5.77. The van der Waals surface area contributed by atoms with E-state index in [-0.39, 0.29) is 17.6 Å². The predicted molar refractivity (Wildman–Crippen MR) is 131 cm³/mol. The van der Waals surface area contributed by atoms with Gasteiger partial charge in [0.15, 0.2) is 11.5 Å². The average Bonchev–Trinajstić information content (AvgIpc) is 3.52. The quantitative estimate of drug-likeness (QED) is 0.509. The second kappa shape index (κ2) is 11.0. The molecule has 0 bridgehead atoms. The molecule has 0 spiro atoms. The number of aromatic nitrogens is 1. The molecule has 7 nitrogen and oxygen atoms in total. The first-order valence-electron chi connectivity index (χ1n) is 11.4. The Hall–Kier alpha value is -2.68. The minimum Gasteiger partial charge on any atom is -0.493 e. The van der Waals surface area contributed by atoms with Crippen LogP contribution in [0.15, 0.2) is 52.4 Å². The molecule has 1 fully saturated rings. The monoisotopic (exact) mass is 468 g/mol. The van der Waals surface area contributed by atoms with Crippen LogP contribution in [0.25, 0.3) is 11.3 Å². The van der Waals surface area contributed by atoms with E-state index in [0.29, 0.717) is 24.8 Å². The van der Waals surface area contributed by atoms with E-state index in [9.17, 15) is 4.79 Å². The molecule has 3 heterocycles. The molecule has 1 saturated heterocycles. The number of thiophene rings is 1. The Kier molecular flexibility index (Phi) is 7.80. The molecule has 1 aliphatic rings. The molecular weight excluding hydrogens is 436 g/mol. The first-order chi connectivity index (χ1) is 16.0. The highest BCUT2D eigenvalue weighted by Gasteiger charge is 2.25. The first kappa shape index (κ1) is 23.5. The van der Waals surface area contributed by atoms with E-state index in [1.165, 1.54) is 4.88 Å². The molecule has 1 aliphatic heterocycles. The fraction of sp³-hybridized carbons (Fsp3) is 0.440. The van der Waals surface area contributed by atoms with Gasteiger partial charge in [0.1, 0.15) is 5.75 Å². The van der Waals surface area contributed by atoms with Gasteiger partial charge in [0.05, 0.1) is 12.6 Å². The molecule has 2 aromatic heterocycles. The molecule has 1 atom stereocenters. The second-order valence-electron chi connectivity index (χ2n) is 8.89. The van der Waals surface area contributed by atoms with Crippen LogP contribution in [-0.2, 0) is 0 Å². The zero-order chi connectivity index (χ0) is 23.2. The summed E-state index contributed by atoms with van der Waals surface area (Å²) in [7, 11) is 2.15. The van der Waals surface area contributed by atoms with E-state index < -0.39 is 0 Å². The average molecular weight is 469 g/mol. The molecule has 1 amide bonds. The van der Waals surface area contributed by atoms with Crippen LogP contribution in [0.2, 0.25) is 0 Å². The second-order valence-corrected chi connectivity index (χ2v) is 9.87. The molecule has 176 valence electrons. The number of rotatable bonds is 9. The van der Waals surface area contributed by atoms with Crippen LogP contribution in [0.1, 0.15) is 35.3 Å². The molecule has 8 heteroatoms. The molecule has 1 aromatic carbocycles. The number of likely N-dealkylation sites (N-methyl/N-ethyl adjacent to an activating group) is 1. The number of carbonyl (C=O) groups is 1. The van der Waals surface area contributed by atoms with Crippen LogP contribution in [0.4, 0.5) is 0 Å². The van der Waals surface area contributed by atoms with Gasteiger partial charge in [-0.1, -0.05) is 25.1 Å². The maximum atomic E-state index is 12.8. The fourth-order valence-corrected chi connectivity index (χ4v) is 4.66. The van der Waals surface area contributed by atoms with Crippen LogP contribution < -0.4 is 10.1 Å². The summed E-state index contributed by atoms with van der Waals surface area (Å²) in [5, 5.41) is 9.16. The number of carbonyl (C=O) groups excluding carboxylic acids is 1. The SMILES string of the molecule is CC(C)COc1ccc(-c2cc(C(=O)NC[C@@H](c3cccs3)N3CCN(C)CC3)no2)cc1. The molecule has 3 aromatic rings. The summed E-state index contributed by atoms with van der Waals surface area (Å²) in [6.07, 6.45) is 0. The molecule has 0 radical (unpaired) electrons. The summed E-state index contributed by atoms with van der Waals surface area (Å²) in [4.78, 5) is 18.9. The number of ether oxygens (including phenoxy) is 1. The highest BCUT2D eigenvalue weighted by molar-refractivity contribution is 7.10. The molecule has 33 heavy (non-hydrogen) atoms. The first-order valence-corrected chi connectivity index (χ1v) is 12.3. The van der Waals surface area contributed by atoms with Crippen molar-refractivity contribution in [2.24, 2.45) is 5.92 Å². The summed E-state index contributed by atoms with van der Waals surface area (Å²) in [6.45, 7) is 9.47. The lowest BCUT2D eigenvalue weighted by atomic mass is 10.1. The summed E-state index contributed by atoms with van der Waals surface area (Å²) in [6, 6.07) is 13.7. The van der Waals surface area contributed by atoms with E-state index in [1.54, 1.807) is 17.4 Å². The van der Waals surface area contributed by atoms with Crippen molar-refractivity contribution in [1.29, 1.82) is 0 Å². The van der Waals surface area contributed by atoms with Crippen molar-refractivity contribution in [2.45, 2.75) is 19.9 Å². The topological polar surface area (TPSA) is 70.8 Å². The predicted octanol–water partition coefficient (Wildman–Crippen LogP) is 4.16. The van der Waals surface area contributed by atoms with Gasteiger partial charge in [0.25, 0.3) is 5.91 Å². The summed E-state index contributed by atoms with van der Waals surface area (Å²) < 4.78 is 11.2. The zero-order valence-electron chi connectivity index (χ0n) is 19.5. The van der Waals surface area contributed by atoms with Gasteiger partial charge in [0, 0.05) is 49.2 Å². The number of amides is 1. The highest BCUT2D eigenvalue weighted by Crippen LogP contribution is 2.26. The van der Waals surface area contributed by atoms with Crippen molar-refractivity contribution >= 4 is 17.2 Å². The van der Waals surface area contributed by atoms with Crippen LogP contribution in [0, 0.1) is 5.92 Å². The van der Waals surface area contributed by atoms with Gasteiger partial charge >= 0.3 is 0 Å². The van der Waals surface area contributed by atoms with Gasteiger partial charge in [-0.25, -0.2) is 0 Å². The smallest absolute Gasteiger partial charge is 0.273 e. The minimum absolute atomic E-state index is 0.160. The maximum Gasteiger partial charge on any atom is 0.273 e. The van der Waals surface area contributed by atoms with Gasteiger partial charge in [-0.2, -0.15) is 0 Å². The largest absolute Gasteiger partial charge is 0.493 e. The number of nitrogens with zero attached hydrogens (tertiary/aromatic N) is 3. The summed E-state index contributed by atoms with van der Waals surface area (Å²) >= 11 is 1.73. The van der Waals surface area contributed by atoms with E-state index in [1.807, 2.05) is 24.3 Å². The Bertz CT molecular complexity index is 1010. The number of piperazine rings is 1. The van der Waals surface area contributed by atoms with Crippen LogP contribution >= 0.6 is 11.3 Å². The van der Waals surface area contributed by atoms with E-state index in [2.05, 4.69) is 58.7 Å². The molecule has 0 saturated carbocycles. The molecule has 0 unspecified atom stereocenters. The van der Waals surface area contributed by atoms with Crippen molar-refractivity contribution in [3.8, 4) is 17.1 Å². The number of benzene rings is 1. The maximum absolute atomic E-state index is 12.8.